The molecule has 1 N–H and O–H groups in total. The van der Waals surface area contributed by atoms with Crippen LogP contribution in [-0.2, 0) is 0 Å². The number of aliphatic imine (C=N–C) groups is 1. The Hall–Kier alpha value is -0.180. The second kappa shape index (κ2) is 7.42. The molecule has 0 aromatic carbocycles. The fourth-order valence-electron chi connectivity index (χ4n) is 3.01. The maximum atomic E-state index is 4.75. The molecule has 1 saturated carbocycles. The highest BCUT2D eigenvalue weighted by atomic mass is 32.2. The van der Waals surface area contributed by atoms with E-state index < -0.39 is 0 Å². The Labute approximate surface area is 116 Å². The van der Waals surface area contributed by atoms with Gasteiger partial charge in [-0.3, -0.25) is 4.99 Å². The van der Waals surface area contributed by atoms with Gasteiger partial charge in [-0.2, -0.15) is 0 Å². The monoisotopic (exact) mass is 268 g/mol. The van der Waals surface area contributed by atoms with Crippen molar-refractivity contribution >= 4 is 16.9 Å². The van der Waals surface area contributed by atoms with Gasteiger partial charge >= 0.3 is 0 Å². The van der Waals surface area contributed by atoms with E-state index >= 15 is 0 Å². The molecular formula is C15H28N2S. The predicted octanol–water partition coefficient (Wildman–Crippen LogP) is 4.06. The van der Waals surface area contributed by atoms with Crippen molar-refractivity contribution in [3.8, 4) is 0 Å². The van der Waals surface area contributed by atoms with Crippen molar-refractivity contribution in [2.75, 3.05) is 12.3 Å². The topological polar surface area (TPSA) is 24.4 Å². The Morgan fingerprint density at radius 3 is 2.78 bits per heavy atom. The smallest absolute Gasteiger partial charge is 0.156 e. The number of hydrogen-bond acceptors (Lipinski definition) is 2. The number of hydrogen-bond donors (Lipinski definition) is 1. The average molecular weight is 268 g/mol. The normalized spacial score (nSPS) is 27.9. The van der Waals surface area contributed by atoms with Gasteiger partial charge in [0.15, 0.2) is 5.17 Å². The largest absolute Gasteiger partial charge is 0.362 e. The van der Waals surface area contributed by atoms with Gasteiger partial charge in [0.2, 0.25) is 0 Å². The van der Waals surface area contributed by atoms with Crippen molar-refractivity contribution in [3.63, 3.8) is 0 Å². The standard InChI is InChI=1S/C15H28N2S/c1-12(2)14-9-11-18-15(17-14)16-10-5-8-13-6-3-4-7-13/h12-14H,3-11H2,1-2H3,(H,16,17). The van der Waals surface area contributed by atoms with Gasteiger partial charge < -0.3 is 5.32 Å². The zero-order valence-corrected chi connectivity index (χ0v) is 12.8. The van der Waals surface area contributed by atoms with Crippen LogP contribution in [0.15, 0.2) is 4.99 Å². The summed E-state index contributed by atoms with van der Waals surface area (Å²) in [5.74, 6) is 2.97. The molecule has 18 heavy (non-hydrogen) atoms. The maximum absolute atomic E-state index is 4.75. The van der Waals surface area contributed by atoms with Crippen molar-refractivity contribution in [1.29, 1.82) is 0 Å². The second-order valence-corrected chi connectivity index (χ2v) is 7.20. The Morgan fingerprint density at radius 1 is 1.28 bits per heavy atom. The molecule has 2 fully saturated rings. The third kappa shape index (κ3) is 4.49. The summed E-state index contributed by atoms with van der Waals surface area (Å²) in [7, 11) is 0. The molecule has 0 amide bonds. The molecule has 1 atom stereocenters. The predicted molar refractivity (Wildman–Crippen MR) is 82.3 cm³/mol. The molecule has 1 aliphatic carbocycles. The van der Waals surface area contributed by atoms with E-state index in [4.69, 9.17) is 4.99 Å². The summed E-state index contributed by atoms with van der Waals surface area (Å²) in [5.41, 5.74) is 0. The number of nitrogens with one attached hydrogen (secondary N) is 1. The van der Waals surface area contributed by atoms with E-state index in [0.29, 0.717) is 6.04 Å². The van der Waals surface area contributed by atoms with Crippen LogP contribution in [-0.4, -0.2) is 23.5 Å². The first kappa shape index (κ1) is 14.2. The molecule has 1 heterocycles. The minimum Gasteiger partial charge on any atom is -0.362 e. The molecule has 1 saturated heterocycles. The second-order valence-electron chi connectivity index (χ2n) is 6.11. The average Bonchev–Trinajstić information content (AvgIpc) is 2.88. The summed E-state index contributed by atoms with van der Waals surface area (Å²) >= 11 is 1.91. The van der Waals surface area contributed by atoms with Crippen LogP contribution < -0.4 is 5.32 Å². The molecule has 2 nitrogen and oxygen atoms in total. The molecule has 104 valence electrons. The third-order valence-corrected chi connectivity index (χ3v) is 5.24. The minimum absolute atomic E-state index is 0.639. The van der Waals surface area contributed by atoms with Crippen LogP contribution in [0.3, 0.4) is 0 Å². The number of rotatable bonds is 5. The summed E-state index contributed by atoms with van der Waals surface area (Å²) in [6.07, 6.45) is 9.83. The van der Waals surface area contributed by atoms with Crippen LogP contribution in [0.5, 0.6) is 0 Å². The van der Waals surface area contributed by atoms with Gasteiger partial charge in [0.05, 0.1) is 0 Å². The van der Waals surface area contributed by atoms with E-state index in [0.717, 1.165) is 18.4 Å². The van der Waals surface area contributed by atoms with Crippen LogP contribution in [0, 0.1) is 11.8 Å². The van der Waals surface area contributed by atoms with Gasteiger partial charge in [-0.05, 0) is 31.1 Å². The molecule has 0 aromatic rings. The summed E-state index contributed by atoms with van der Waals surface area (Å²) in [6.45, 7) is 5.62. The molecule has 1 unspecified atom stereocenters. The lowest BCUT2D eigenvalue weighted by atomic mass is 10.0. The SMILES string of the molecule is CC(C)C1CCSC(=NCCCC2CCCC2)N1. The summed E-state index contributed by atoms with van der Waals surface area (Å²) < 4.78 is 0. The number of nitrogens with zero attached hydrogens (tertiary/aromatic N) is 1. The molecule has 3 heteroatoms. The molecular weight excluding hydrogens is 240 g/mol. The Bertz CT molecular complexity index is 270. The van der Waals surface area contributed by atoms with E-state index in [-0.39, 0.29) is 0 Å². The molecule has 0 radical (unpaired) electrons. The van der Waals surface area contributed by atoms with E-state index in [9.17, 15) is 0 Å². The fourth-order valence-corrected chi connectivity index (χ4v) is 3.99. The van der Waals surface area contributed by atoms with Crippen molar-refractivity contribution in [1.82, 2.24) is 5.32 Å². The molecule has 2 rings (SSSR count). The molecule has 0 bridgehead atoms. The fraction of sp³-hybridized carbons (Fsp3) is 0.933. The van der Waals surface area contributed by atoms with Crippen molar-refractivity contribution in [2.24, 2.45) is 16.8 Å². The lowest BCUT2D eigenvalue weighted by Gasteiger charge is -2.28. The lowest BCUT2D eigenvalue weighted by Crippen LogP contribution is -2.41. The van der Waals surface area contributed by atoms with Gasteiger partial charge in [0.1, 0.15) is 0 Å². The van der Waals surface area contributed by atoms with Gasteiger partial charge in [-0.25, -0.2) is 0 Å². The Balaban J connectivity index is 1.65. The first-order chi connectivity index (χ1) is 8.75. The summed E-state index contributed by atoms with van der Waals surface area (Å²) in [4.78, 5) is 4.75. The highest BCUT2D eigenvalue weighted by Gasteiger charge is 2.20. The van der Waals surface area contributed by atoms with Gasteiger partial charge in [0.25, 0.3) is 0 Å². The van der Waals surface area contributed by atoms with Gasteiger partial charge in [-0.1, -0.05) is 51.3 Å². The number of amidine groups is 1. The minimum atomic E-state index is 0.639. The van der Waals surface area contributed by atoms with E-state index in [2.05, 4.69) is 19.2 Å². The lowest BCUT2D eigenvalue weighted by molar-refractivity contribution is 0.442. The van der Waals surface area contributed by atoms with E-state index in [1.54, 1.807) is 0 Å². The van der Waals surface area contributed by atoms with E-state index in [1.807, 2.05) is 11.8 Å². The van der Waals surface area contributed by atoms with Crippen LogP contribution >= 0.6 is 11.8 Å². The highest BCUT2D eigenvalue weighted by molar-refractivity contribution is 8.13. The van der Waals surface area contributed by atoms with Gasteiger partial charge in [0, 0.05) is 18.3 Å². The van der Waals surface area contributed by atoms with Gasteiger partial charge in [-0.15, -0.1) is 0 Å². The number of thioether (sulfide) groups is 1. The van der Waals surface area contributed by atoms with Crippen molar-refractivity contribution in [2.45, 2.75) is 64.8 Å². The first-order valence-electron chi connectivity index (χ1n) is 7.69. The summed E-state index contributed by atoms with van der Waals surface area (Å²) in [5, 5.41) is 4.79. The zero-order chi connectivity index (χ0) is 12.8. The van der Waals surface area contributed by atoms with Crippen molar-refractivity contribution < 1.29 is 0 Å². The molecule has 0 aromatic heterocycles. The van der Waals surface area contributed by atoms with Crippen LogP contribution in [0.1, 0.15) is 58.8 Å². The zero-order valence-electron chi connectivity index (χ0n) is 12.0. The van der Waals surface area contributed by atoms with E-state index in [1.165, 1.54) is 55.9 Å². The maximum Gasteiger partial charge on any atom is 0.156 e. The molecule has 0 spiro atoms. The van der Waals surface area contributed by atoms with Crippen LogP contribution in [0.2, 0.25) is 0 Å². The van der Waals surface area contributed by atoms with Crippen molar-refractivity contribution in [3.05, 3.63) is 0 Å². The molecule has 1 aliphatic heterocycles. The van der Waals surface area contributed by atoms with Crippen LogP contribution in [0.4, 0.5) is 0 Å². The summed E-state index contributed by atoms with van der Waals surface area (Å²) in [6, 6.07) is 0.639. The highest BCUT2D eigenvalue weighted by Crippen LogP contribution is 2.28. The first-order valence-corrected chi connectivity index (χ1v) is 8.68. The Morgan fingerprint density at radius 2 is 2.06 bits per heavy atom. The Kier molecular flexibility index (Phi) is 5.87. The van der Waals surface area contributed by atoms with Crippen LogP contribution in [0.25, 0.3) is 0 Å². The molecule has 2 aliphatic rings. The third-order valence-electron chi connectivity index (χ3n) is 4.28. The quantitative estimate of drug-likeness (QED) is 0.760.